The summed E-state index contributed by atoms with van der Waals surface area (Å²) in [6, 6.07) is 4.96. The van der Waals surface area contributed by atoms with Crippen LogP contribution in [-0.2, 0) is 20.2 Å². The van der Waals surface area contributed by atoms with E-state index in [-0.39, 0.29) is 10.8 Å². The molecule has 0 bridgehead atoms. The van der Waals surface area contributed by atoms with Gasteiger partial charge < -0.3 is 5.32 Å². The number of nitrogens with one attached hydrogen (secondary N) is 1. The van der Waals surface area contributed by atoms with Crippen molar-refractivity contribution in [2.24, 2.45) is 11.8 Å². The Hall–Kier alpha value is -1.40. The topological polar surface area (TPSA) is 66.5 Å². The van der Waals surface area contributed by atoms with Gasteiger partial charge in [0.05, 0.1) is 10.3 Å². The summed E-state index contributed by atoms with van der Waals surface area (Å²) < 4.78 is 27.6. The lowest BCUT2D eigenvalue weighted by atomic mass is 9.86. The lowest BCUT2D eigenvalue weighted by molar-refractivity contribution is -0.119. The molecule has 1 aromatic rings. The van der Waals surface area contributed by atoms with Crippen LogP contribution in [0.5, 0.6) is 0 Å². The maximum Gasteiger partial charge on any atom is 0.243 e. The van der Waals surface area contributed by atoms with E-state index in [1.54, 1.807) is 22.5 Å². The minimum Gasteiger partial charge on any atom is -0.325 e. The number of sulfonamides is 1. The van der Waals surface area contributed by atoms with E-state index >= 15 is 0 Å². The fourth-order valence-corrected chi connectivity index (χ4v) is 5.37. The third-order valence-corrected chi connectivity index (χ3v) is 6.78. The van der Waals surface area contributed by atoms with E-state index in [2.05, 4.69) is 19.2 Å². The van der Waals surface area contributed by atoms with Crippen LogP contribution < -0.4 is 5.32 Å². The zero-order valence-electron chi connectivity index (χ0n) is 14.1. The number of carbonyl (C=O) groups is 1. The Morgan fingerprint density at radius 2 is 1.78 bits per heavy atom. The molecule has 1 fully saturated rings. The van der Waals surface area contributed by atoms with Crippen molar-refractivity contribution in [3.05, 3.63) is 23.8 Å². The summed E-state index contributed by atoms with van der Waals surface area (Å²) in [4.78, 5) is 12.3. The van der Waals surface area contributed by atoms with Gasteiger partial charge in [-0.05, 0) is 55.9 Å². The minimum absolute atomic E-state index is 0.0951. The third-order valence-electron chi connectivity index (χ3n) is 4.95. The van der Waals surface area contributed by atoms with Gasteiger partial charge in [0.2, 0.25) is 15.9 Å². The lowest BCUT2D eigenvalue weighted by Gasteiger charge is -2.34. The minimum atomic E-state index is -3.52. The number of anilines is 1. The first-order valence-electron chi connectivity index (χ1n) is 8.08. The van der Waals surface area contributed by atoms with Gasteiger partial charge in [0.1, 0.15) is 0 Å². The van der Waals surface area contributed by atoms with Crippen molar-refractivity contribution in [3.63, 3.8) is 0 Å². The number of hydrogen-bond donors (Lipinski definition) is 1. The number of benzene rings is 1. The summed E-state index contributed by atoms with van der Waals surface area (Å²) in [6.45, 7) is 8.93. The van der Waals surface area contributed by atoms with Gasteiger partial charge in [-0.15, -0.1) is 0 Å². The molecule has 2 aliphatic rings. The summed E-state index contributed by atoms with van der Waals surface area (Å²) in [5, 5.41) is 2.81. The van der Waals surface area contributed by atoms with Crippen LogP contribution in [-0.4, -0.2) is 31.7 Å². The highest BCUT2D eigenvalue weighted by atomic mass is 32.2. The Morgan fingerprint density at radius 1 is 1.17 bits per heavy atom. The Kier molecular flexibility index (Phi) is 3.80. The van der Waals surface area contributed by atoms with Crippen LogP contribution in [0.25, 0.3) is 0 Å². The molecule has 0 aliphatic carbocycles. The molecule has 2 aliphatic heterocycles. The van der Waals surface area contributed by atoms with Gasteiger partial charge in [0.25, 0.3) is 0 Å². The summed E-state index contributed by atoms with van der Waals surface area (Å²) in [5.74, 6) is 0.632. The fourth-order valence-electron chi connectivity index (χ4n) is 3.66. The van der Waals surface area contributed by atoms with Crippen molar-refractivity contribution in [2.45, 2.75) is 44.4 Å². The lowest BCUT2D eigenvalue weighted by Crippen LogP contribution is -2.42. The number of piperidine rings is 1. The first-order valence-corrected chi connectivity index (χ1v) is 9.52. The Bertz CT molecular complexity index is 745. The highest BCUT2D eigenvalue weighted by Crippen LogP contribution is 2.39. The Balaban J connectivity index is 1.99. The van der Waals surface area contributed by atoms with Crippen molar-refractivity contribution < 1.29 is 13.2 Å². The highest BCUT2D eigenvalue weighted by Gasteiger charge is 2.40. The van der Waals surface area contributed by atoms with Crippen LogP contribution in [0.1, 0.15) is 39.7 Å². The molecule has 2 atom stereocenters. The molecule has 0 aromatic heterocycles. The zero-order chi connectivity index (χ0) is 17.0. The number of hydrogen-bond acceptors (Lipinski definition) is 3. The largest absolute Gasteiger partial charge is 0.325 e. The van der Waals surface area contributed by atoms with Crippen molar-refractivity contribution in [1.29, 1.82) is 0 Å². The maximum absolute atomic E-state index is 13.0. The quantitative estimate of drug-likeness (QED) is 0.903. The van der Waals surface area contributed by atoms with E-state index < -0.39 is 15.4 Å². The van der Waals surface area contributed by atoms with Gasteiger partial charge in [-0.3, -0.25) is 4.79 Å². The van der Waals surface area contributed by atoms with Crippen molar-refractivity contribution in [3.8, 4) is 0 Å². The summed E-state index contributed by atoms with van der Waals surface area (Å²) in [7, 11) is -3.52. The molecular formula is C17H24N2O3S. The molecule has 126 valence electrons. The molecule has 1 saturated heterocycles. The second kappa shape index (κ2) is 5.31. The predicted octanol–water partition coefficient (Wildman–Crippen LogP) is 2.58. The highest BCUT2D eigenvalue weighted by molar-refractivity contribution is 7.89. The second-order valence-corrected chi connectivity index (χ2v) is 9.49. The van der Waals surface area contributed by atoms with E-state index in [0.717, 1.165) is 12.0 Å². The molecular weight excluding hydrogens is 312 g/mol. The summed E-state index contributed by atoms with van der Waals surface area (Å²) in [6.07, 6.45) is 1.06. The number of rotatable bonds is 2. The van der Waals surface area contributed by atoms with Crippen LogP contribution in [0.15, 0.2) is 23.1 Å². The van der Waals surface area contributed by atoms with Gasteiger partial charge >= 0.3 is 0 Å². The normalized spacial score (nSPS) is 27.6. The molecule has 5 nitrogen and oxygen atoms in total. The van der Waals surface area contributed by atoms with Gasteiger partial charge in [-0.1, -0.05) is 13.8 Å². The van der Waals surface area contributed by atoms with E-state index in [1.807, 2.05) is 13.8 Å². The van der Waals surface area contributed by atoms with Crippen LogP contribution >= 0.6 is 0 Å². The molecule has 6 heteroatoms. The SMILES string of the molecule is C[C@@H]1C[C@@H](C)CN(S(=O)(=O)c2ccc3c(c2)C(C)(C)C(=O)N3)C1. The van der Waals surface area contributed by atoms with Gasteiger partial charge in [0, 0.05) is 18.8 Å². The molecule has 0 unspecified atom stereocenters. The van der Waals surface area contributed by atoms with Crippen LogP contribution in [0.3, 0.4) is 0 Å². The van der Waals surface area contributed by atoms with Crippen molar-refractivity contribution in [1.82, 2.24) is 4.31 Å². The Morgan fingerprint density at radius 3 is 2.39 bits per heavy atom. The maximum atomic E-state index is 13.0. The second-order valence-electron chi connectivity index (χ2n) is 7.55. The molecule has 1 N–H and O–H groups in total. The van der Waals surface area contributed by atoms with Crippen LogP contribution in [0.2, 0.25) is 0 Å². The number of nitrogens with zero attached hydrogens (tertiary/aromatic N) is 1. The average Bonchev–Trinajstić information content (AvgIpc) is 2.68. The first-order chi connectivity index (χ1) is 10.6. The van der Waals surface area contributed by atoms with Gasteiger partial charge in [-0.25, -0.2) is 8.42 Å². The van der Waals surface area contributed by atoms with Crippen LogP contribution in [0.4, 0.5) is 5.69 Å². The predicted molar refractivity (Wildman–Crippen MR) is 89.8 cm³/mol. The third kappa shape index (κ3) is 2.68. The van der Waals surface area contributed by atoms with Crippen LogP contribution in [0, 0.1) is 11.8 Å². The molecule has 0 radical (unpaired) electrons. The molecule has 2 heterocycles. The standard InChI is InChI=1S/C17H24N2O3S/c1-11-7-12(2)10-19(9-11)23(21,22)13-5-6-15-14(8-13)17(3,4)16(20)18-15/h5-6,8,11-12H,7,9-10H2,1-4H3,(H,18,20)/t11-,12-/m1/s1. The molecule has 1 amide bonds. The van der Waals surface area contributed by atoms with Crippen molar-refractivity contribution >= 4 is 21.6 Å². The van der Waals surface area contributed by atoms with E-state index in [4.69, 9.17) is 0 Å². The molecule has 1 aromatic carbocycles. The smallest absolute Gasteiger partial charge is 0.243 e. The molecule has 0 spiro atoms. The Labute approximate surface area is 138 Å². The average molecular weight is 336 g/mol. The van der Waals surface area contributed by atoms with E-state index in [0.29, 0.717) is 30.6 Å². The monoisotopic (exact) mass is 336 g/mol. The summed E-state index contributed by atoms with van der Waals surface area (Å²) in [5.41, 5.74) is 0.754. The van der Waals surface area contributed by atoms with E-state index in [9.17, 15) is 13.2 Å². The number of fused-ring (bicyclic) bond motifs is 1. The molecule has 0 saturated carbocycles. The van der Waals surface area contributed by atoms with Gasteiger partial charge in [0.15, 0.2) is 0 Å². The van der Waals surface area contributed by atoms with Gasteiger partial charge in [-0.2, -0.15) is 4.31 Å². The number of carbonyl (C=O) groups excluding carboxylic acids is 1. The zero-order valence-corrected chi connectivity index (χ0v) is 14.9. The summed E-state index contributed by atoms with van der Waals surface area (Å²) >= 11 is 0. The number of amides is 1. The first kappa shape index (κ1) is 16.5. The van der Waals surface area contributed by atoms with E-state index in [1.165, 1.54) is 0 Å². The fraction of sp³-hybridized carbons (Fsp3) is 0.588. The molecule has 23 heavy (non-hydrogen) atoms. The van der Waals surface area contributed by atoms with Crippen molar-refractivity contribution in [2.75, 3.05) is 18.4 Å². The molecule has 3 rings (SSSR count).